The zero-order valence-corrected chi connectivity index (χ0v) is 19.3. The molecule has 0 atom stereocenters. The Morgan fingerprint density at radius 1 is 1.03 bits per heavy atom. The van der Waals surface area contributed by atoms with E-state index in [0.717, 1.165) is 27.1 Å². The molecule has 2 aromatic carbocycles. The third-order valence-corrected chi connectivity index (χ3v) is 5.06. The van der Waals surface area contributed by atoms with Crippen LogP contribution in [0.4, 0.5) is 5.69 Å². The number of ether oxygens (including phenoxy) is 2. The van der Waals surface area contributed by atoms with Gasteiger partial charge in [-0.05, 0) is 73.5 Å². The number of furan rings is 1. The number of carbonyl (C=O) groups is 1. The summed E-state index contributed by atoms with van der Waals surface area (Å²) >= 11 is 3.38. The molecule has 0 aliphatic rings. The second-order valence-electron chi connectivity index (χ2n) is 7.33. The number of aryl methyl sites for hydroxylation is 2. The first kappa shape index (κ1) is 21.7. The largest absolute Gasteiger partial charge is 0.486 e. The summed E-state index contributed by atoms with van der Waals surface area (Å²) in [4.78, 5) is 12.5. The molecular weight excluding hydrogens is 474 g/mol. The Hall–Kier alpha value is -3.52. The molecule has 0 unspecified atom stereocenters. The average molecular weight is 496 g/mol. The van der Waals surface area contributed by atoms with Crippen LogP contribution >= 0.6 is 15.9 Å². The minimum Gasteiger partial charge on any atom is -0.486 e. The number of anilines is 1. The van der Waals surface area contributed by atoms with Crippen LogP contribution in [0.25, 0.3) is 0 Å². The summed E-state index contributed by atoms with van der Waals surface area (Å²) in [5.74, 6) is 1.88. The van der Waals surface area contributed by atoms with Crippen LogP contribution in [0.5, 0.6) is 11.5 Å². The molecule has 8 heteroatoms. The molecule has 0 bridgehead atoms. The summed E-state index contributed by atoms with van der Waals surface area (Å²) in [6.07, 6.45) is 3.24. The highest BCUT2D eigenvalue weighted by atomic mass is 79.9. The number of rotatable bonds is 8. The summed E-state index contributed by atoms with van der Waals surface area (Å²) in [5, 5.41) is 6.96. The Kier molecular flexibility index (Phi) is 6.61. The third-order valence-electron chi connectivity index (χ3n) is 4.53. The second-order valence-corrected chi connectivity index (χ2v) is 8.24. The molecule has 1 N–H and O–H groups in total. The maximum atomic E-state index is 12.5. The fourth-order valence-electron chi connectivity index (χ4n) is 3.11. The Morgan fingerprint density at radius 3 is 2.53 bits per heavy atom. The smallest absolute Gasteiger partial charge is 0.291 e. The molecule has 0 saturated heterocycles. The third kappa shape index (κ3) is 5.79. The number of benzene rings is 2. The van der Waals surface area contributed by atoms with E-state index in [1.807, 2.05) is 50.2 Å². The Morgan fingerprint density at radius 2 is 1.78 bits per heavy atom. The van der Waals surface area contributed by atoms with Gasteiger partial charge in [0.2, 0.25) is 0 Å². The van der Waals surface area contributed by atoms with Crippen LogP contribution in [-0.2, 0) is 13.3 Å². The molecule has 0 aliphatic carbocycles. The van der Waals surface area contributed by atoms with Crippen molar-refractivity contribution in [1.29, 1.82) is 0 Å². The number of hydrogen-bond donors (Lipinski definition) is 1. The van der Waals surface area contributed by atoms with Crippen molar-refractivity contribution in [2.24, 2.45) is 0 Å². The summed E-state index contributed by atoms with van der Waals surface area (Å²) in [6.45, 7) is 4.49. The molecule has 0 saturated carbocycles. The number of halogens is 1. The van der Waals surface area contributed by atoms with Gasteiger partial charge in [0.25, 0.3) is 5.91 Å². The first-order valence-corrected chi connectivity index (χ1v) is 10.8. The van der Waals surface area contributed by atoms with E-state index in [4.69, 9.17) is 13.9 Å². The predicted molar refractivity (Wildman–Crippen MR) is 124 cm³/mol. The molecule has 0 radical (unpaired) electrons. The lowest BCUT2D eigenvalue weighted by molar-refractivity contribution is 0.0992. The fourth-order valence-corrected chi connectivity index (χ4v) is 3.38. The highest BCUT2D eigenvalue weighted by Crippen LogP contribution is 2.19. The highest BCUT2D eigenvalue weighted by Gasteiger charge is 2.13. The average Bonchev–Trinajstić information content (AvgIpc) is 3.41. The lowest BCUT2D eigenvalue weighted by Crippen LogP contribution is -2.10. The van der Waals surface area contributed by atoms with Gasteiger partial charge in [-0.25, -0.2) is 4.68 Å². The van der Waals surface area contributed by atoms with Crippen LogP contribution < -0.4 is 14.8 Å². The standard InChI is InChI=1S/C24H22BrN3O4/c1-16-9-17(2)11-22(10-16)30-14-21-7-8-23(32-21)24(29)27-19-12-26-28(13-19)15-31-20-5-3-18(25)4-6-20/h3-13H,14-15H2,1-2H3,(H,27,29). The van der Waals surface area contributed by atoms with Gasteiger partial charge in [0, 0.05) is 4.47 Å². The van der Waals surface area contributed by atoms with Crippen LogP contribution in [0, 0.1) is 13.8 Å². The molecule has 2 aromatic heterocycles. The Bertz CT molecular complexity index is 1190. The van der Waals surface area contributed by atoms with Gasteiger partial charge in [0.05, 0.1) is 18.1 Å². The van der Waals surface area contributed by atoms with Crippen molar-refractivity contribution in [3.05, 3.63) is 94.1 Å². The predicted octanol–water partition coefficient (Wildman–Crippen LogP) is 5.72. The van der Waals surface area contributed by atoms with E-state index in [1.165, 1.54) is 0 Å². The lowest BCUT2D eigenvalue weighted by Gasteiger charge is -2.06. The fraction of sp³-hybridized carbons (Fsp3) is 0.167. The van der Waals surface area contributed by atoms with Crippen molar-refractivity contribution >= 4 is 27.5 Å². The van der Waals surface area contributed by atoms with Crippen molar-refractivity contribution in [3.8, 4) is 11.5 Å². The number of amides is 1. The normalized spacial score (nSPS) is 10.7. The molecule has 0 spiro atoms. The van der Waals surface area contributed by atoms with Gasteiger partial charge < -0.3 is 19.2 Å². The molecule has 32 heavy (non-hydrogen) atoms. The van der Waals surface area contributed by atoms with E-state index in [9.17, 15) is 4.79 Å². The van der Waals surface area contributed by atoms with Gasteiger partial charge in [-0.1, -0.05) is 22.0 Å². The quantitative estimate of drug-likeness (QED) is 0.338. The lowest BCUT2D eigenvalue weighted by atomic mass is 10.1. The Balaban J connectivity index is 1.29. The maximum Gasteiger partial charge on any atom is 0.291 e. The molecule has 4 aromatic rings. The zero-order chi connectivity index (χ0) is 22.5. The zero-order valence-electron chi connectivity index (χ0n) is 17.7. The maximum absolute atomic E-state index is 12.5. The second kappa shape index (κ2) is 9.74. The van der Waals surface area contributed by atoms with Crippen LogP contribution in [-0.4, -0.2) is 15.7 Å². The van der Waals surface area contributed by atoms with E-state index < -0.39 is 0 Å². The van der Waals surface area contributed by atoms with Crippen molar-refractivity contribution in [2.45, 2.75) is 27.2 Å². The van der Waals surface area contributed by atoms with Gasteiger partial charge in [0.1, 0.15) is 23.9 Å². The molecule has 1 amide bonds. The van der Waals surface area contributed by atoms with E-state index in [0.29, 0.717) is 11.4 Å². The van der Waals surface area contributed by atoms with Crippen LogP contribution in [0.1, 0.15) is 27.4 Å². The van der Waals surface area contributed by atoms with E-state index in [1.54, 1.807) is 29.2 Å². The molecule has 164 valence electrons. The van der Waals surface area contributed by atoms with Crippen molar-refractivity contribution in [1.82, 2.24) is 9.78 Å². The van der Waals surface area contributed by atoms with Crippen LogP contribution in [0.2, 0.25) is 0 Å². The first-order chi connectivity index (χ1) is 15.4. The topological polar surface area (TPSA) is 78.5 Å². The molecule has 4 rings (SSSR count). The van der Waals surface area contributed by atoms with Gasteiger partial charge >= 0.3 is 0 Å². The minimum atomic E-state index is -0.365. The SMILES string of the molecule is Cc1cc(C)cc(OCc2ccc(C(=O)Nc3cnn(COc4ccc(Br)cc4)c3)o2)c1. The molecule has 2 heterocycles. The summed E-state index contributed by atoms with van der Waals surface area (Å²) < 4.78 is 19.6. The number of nitrogens with one attached hydrogen (secondary N) is 1. The number of aromatic nitrogens is 2. The molecular formula is C24H22BrN3O4. The first-order valence-electron chi connectivity index (χ1n) is 9.96. The summed E-state index contributed by atoms with van der Waals surface area (Å²) in [7, 11) is 0. The van der Waals surface area contributed by atoms with Gasteiger partial charge in [-0.3, -0.25) is 4.79 Å². The van der Waals surface area contributed by atoms with Gasteiger partial charge in [-0.15, -0.1) is 0 Å². The Labute approximate surface area is 194 Å². The van der Waals surface area contributed by atoms with Crippen molar-refractivity contribution in [2.75, 3.05) is 5.32 Å². The van der Waals surface area contributed by atoms with Gasteiger partial charge in [-0.2, -0.15) is 5.10 Å². The number of carbonyl (C=O) groups excluding carboxylic acids is 1. The monoisotopic (exact) mass is 495 g/mol. The van der Waals surface area contributed by atoms with E-state index in [-0.39, 0.29) is 25.0 Å². The molecule has 0 aliphatic heterocycles. The molecule has 0 fully saturated rings. The van der Waals surface area contributed by atoms with E-state index in [2.05, 4.69) is 32.4 Å². The van der Waals surface area contributed by atoms with Crippen molar-refractivity contribution in [3.63, 3.8) is 0 Å². The molecule has 7 nitrogen and oxygen atoms in total. The van der Waals surface area contributed by atoms with Crippen molar-refractivity contribution < 1.29 is 18.7 Å². The number of hydrogen-bond acceptors (Lipinski definition) is 5. The number of nitrogens with zero attached hydrogens (tertiary/aromatic N) is 2. The summed E-state index contributed by atoms with van der Waals surface area (Å²) in [5.41, 5.74) is 2.79. The highest BCUT2D eigenvalue weighted by molar-refractivity contribution is 9.10. The van der Waals surface area contributed by atoms with Crippen LogP contribution in [0.3, 0.4) is 0 Å². The van der Waals surface area contributed by atoms with Crippen LogP contribution in [0.15, 0.2) is 75.9 Å². The minimum absolute atomic E-state index is 0.197. The summed E-state index contributed by atoms with van der Waals surface area (Å²) in [6, 6.07) is 16.9. The van der Waals surface area contributed by atoms with E-state index >= 15 is 0 Å². The van der Waals surface area contributed by atoms with Gasteiger partial charge in [0.15, 0.2) is 12.5 Å².